The summed E-state index contributed by atoms with van der Waals surface area (Å²) in [5.41, 5.74) is 0. The molecule has 0 aromatic heterocycles. The van der Waals surface area contributed by atoms with Crippen LogP contribution in [0, 0.1) is 0 Å². The van der Waals surface area contributed by atoms with Crippen LogP contribution in [0.1, 0.15) is 0 Å². The van der Waals surface area contributed by atoms with Gasteiger partial charge in [0.25, 0.3) is 0 Å². The van der Waals surface area contributed by atoms with E-state index in [1.54, 1.807) is 0 Å². The molecule has 4 nitrogen and oxygen atoms in total. The normalized spacial score (nSPS) is 20.2. The van der Waals surface area contributed by atoms with Gasteiger partial charge in [-0.15, -0.1) is 0 Å². The summed E-state index contributed by atoms with van der Waals surface area (Å²) in [5.74, 6) is 0. The van der Waals surface area contributed by atoms with Gasteiger partial charge < -0.3 is 9.69 Å². The van der Waals surface area contributed by atoms with Crippen molar-refractivity contribution in [1.29, 1.82) is 0 Å². The first-order chi connectivity index (χ1) is 6.72. The van der Waals surface area contributed by atoms with Crippen LogP contribution >= 0.6 is 0 Å². The number of aldehydes is 1. The second-order valence-electron chi connectivity index (χ2n) is 4.11. The van der Waals surface area contributed by atoms with Crippen LogP contribution in [0.5, 0.6) is 0 Å². The Hall–Kier alpha value is -0.450. The smallest absolute Gasteiger partial charge is 0.133 e. The third kappa shape index (κ3) is 4.17. The number of hydrogen-bond acceptors (Lipinski definition) is 4. The summed E-state index contributed by atoms with van der Waals surface area (Å²) in [6.45, 7) is 7.12. The van der Waals surface area contributed by atoms with Crippen LogP contribution in [-0.4, -0.2) is 80.9 Å². The Morgan fingerprint density at radius 2 is 1.71 bits per heavy atom. The quantitative estimate of drug-likeness (QED) is 0.551. The lowest BCUT2D eigenvalue weighted by Gasteiger charge is -2.34. The molecule has 14 heavy (non-hydrogen) atoms. The molecule has 0 saturated carbocycles. The first-order valence-electron chi connectivity index (χ1n) is 5.25. The van der Waals surface area contributed by atoms with Crippen LogP contribution < -0.4 is 0 Å². The second-order valence-corrected chi connectivity index (χ2v) is 4.11. The van der Waals surface area contributed by atoms with Gasteiger partial charge in [-0.25, -0.2) is 0 Å². The molecule has 0 spiro atoms. The van der Waals surface area contributed by atoms with Crippen LogP contribution in [-0.2, 0) is 4.79 Å². The first kappa shape index (κ1) is 11.6. The molecule has 1 aliphatic rings. The molecule has 1 fully saturated rings. The molecule has 0 radical (unpaired) electrons. The van der Waals surface area contributed by atoms with Gasteiger partial charge in [-0.3, -0.25) is 9.80 Å². The highest BCUT2D eigenvalue weighted by molar-refractivity contribution is 5.51. The molecular formula is C10H21N3O. The largest absolute Gasteiger partial charge is 0.308 e. The van der Waals surface area contributed by atoms with Gasteiger partial charge in [-0.1, -0.05) is 0 Å². The lowest BCUT2D eigenvalue weighted by Crippen LogP contribution is -2.48. The van der Waals surface area contributed by atoms with E-state index in [1.807, 2.05) is 0 Å². The van der Waals surface area contributed by atoms with E-state index >= 15 is 0 Å². The van der Waals surface area contributed by atoms with Crippen molar-refractivity contribution in [1.82, 2.24) is 14.7 Å². The average Bonchev–Trinajstić information content (AvgIpc) is 2.17. The Kier molecular flexibility index (Phi) is 5.07. The van der Waals surface area contributed by atoms with Crippen LogP contribution in [0.3, 0.4) is 0 Å². The predicted octanol–water partition coefficient (Wildman–Crippen LogP) is -0.635. The molecule has 0 atom stereocenters. The van der Waals surface area contributed by atoms with Gasteiger partial charge >= 0.3 is 0 Å². The number of rotatable bonds is 5. The highest BCUT2D eigenvalue weighted by Gasteiger charge is 2.15. The van der Waals surface area contributed by atoms with Crippen LogP contribution in [0.25, 0.3) is 0 Å². The molecule has 0 aromatic carbocycles. The molecule has 1 rings (SSSR count). The number of carbonyl (C=O) groups excluding carboxylic acids is 1. The fraction of sp³-hybridized carbons (Fsp3) is 0.900. The van der Waals surface area contributed by atoms with E-state index in [9.17, 15) is 4.79 Å². The zero-order chi connectivity index (χ0) is 10.4. The summed E-state index contributed by atoms with van der Waals surface area (Å²) in [7, 11) is 4.20. The van der Waals surface area contributed by atoms with Crippen molar-refractivity contribution in [3.63, 3.8) is 0 Å². The summed E-state index contributed by atoms with van der Waals surface area (Å²) in [5, 5.41) is 0. The van der Waals surface area contributed by atoms with Gasteiger partial charge in [-0.2, -0.15) is 0 Å². The van der Waals surface area contributed by atoms with Crippen molar-refractivity contribution in [3.8, 4) is 0 Å². The highest BCUT2D eigenvalue weighted by Crippen LogP contribution is 1.99. The second kappa shape index (κ2) is 6.11. The van der Waals surface area contributed by atoms with E-state index in [4.69, 9.17) is 0 Å². The Labute approximate surface area is 86.5 Å². The van der Waals surface area contributed by atoms with Gasteiger partial charge in [-0.05, 0) is 14.1 Å². The van der Waals surface area contributed by atoms with Crippen LogP contribution in [0.15, 0.2) is 0 Å². The molecule has 0 unspecified atom stereocenters. The Morgan fingerprint density at radius 1 is 1.14 bits per heavy atom. The minimum atomic E-state index is 0.599. The van der Waals surface area contributed by atoms with E-state index in [0.717, 1.165) is 45.6 Å². The molecule has 0 N–H and O–H groups in total. The molecule has 0 bridgehead atoms. The van der Waals surface area contributed by atoms with Gasteiger partial charge in [0.15, 0.2) is 0 Å². The van der Waals surface area contributed by atoms with Crippen molar-refractivity contribution in [3.05, 3.63) is 0 Å². The molecule has 1 heterocycles. The molecule has 1 saturated heterocycles. The molecular weight excluding hydrogens is 178 g/mol. The van der Waals surface area contributed by atoms with E-state index in [-0.39, 0.29) is 0 Å². The van der Waals surface area contributed by atoms with Crippen molar-refractivity contribution in [2.45, 2.75) is 0 Å². The zero-order valence-electron chi connectivity index (χ0n) is 9.28. The number of likely N-dealkylation sites (N-methyl/N-ethyl adjacent to an activating group) is 1. The number of nitrogens with zero attached hydrogens (tertiary/aromatic N) is 3. The van der Waals surface area contributed by atoms with Gasteiger partial charge in [0.1, 0.15) is 6.29 Å². The van der Waals surface area contributed by atoms with Crippen molar-refractivity contribution < 1.29 is 4.79 Å². The van der Waals surface area contributed by atoms with E-state index < -0.39 is 0 Å². The monoisotopic (exact) mass is 199 g/mol. The molecule has 0 aliphatic carbocycles. The van der Waals surface area contributed by atoms with Crippen molar-refractivity contribution >= 4 is 6.29 Å². The Balaban J connectivity index is 2.12. The Bertz CT molecular complexity index is 165. The maximum absolute atomic E-state index is 10.3. The lowest BCUT2D eigenvalue weighted by molar-refractivity contribution is -0.109. The van der Waals surface area contributed by atoms with Gasteiger partial charge in [0.2, 0.25) is 0 Å². The molecule has 1 aliphatic heterocycles. The summed E-state index contributed by atoms with van der Waals surface area (Å²) in [4.78, 5) is 17.2. The predicted molar refractivity (Wildman–Crippen MR) is 57.5 cm³/mol. The lowest BCUT2D eigenvalue weighted by atomic mass is 10.3. The fourth-order valence-corrected chi connectivity index (χ4v) is 1.64. The van der Waals surface area contributed by atoms with E-state index in [2.05, 4.69) is 28.8 Å². The Morgan fingerprint density at radius 3 is 2.21 bits per heavy atom. The summed E-state index contributed by atoms with van der Waals surface area (Å²) >= 11 is 0. The SMILES string of the molecule is CN(C)CCN1CCN(CC=O)CC1. The van der Waals surface area contributed by atoms with Crippen molar-refractivity contribution in [2.24, 2.45) is 0 Å². The summed E-state index contributed by atoms with van der Waals surface area (Å²) in [6, 6.07) is 0. The van der Waals surface area contributed by atoms with Crippen LogP contribution in [0.4, 0.5) is 0 Å². The molecule has 4 heteroatoms. The third-order valence-corrected chi connectivity index (χ3v) is 2.66. The minimum Gasteiger partial charge on any atom is -0.308 e. The maximum Gasteiger partial charge on any atom is 0.133 e. The average molecular weight is 199 g/mol. The number of carbonyl (C=O) groups is 1. The van der Waals surface area contributed by atoms with Gasteiger partial charge in [0, 0.05) is 39.3 Å². The minimum absolute atomic E-state index is 0.599. The molecule has 0 aromatic rings. The number of piperazine rings is 1. The van der Waals surface area contributed by atoms with Crippen molar-refractivity contribution in [2.75, 3.05) is 59.9 Å². The van der Waals surface area contributed by atoms with Crippen LogP contribution in [0.2, 0.25) is 0 Å². The van der Waals surface area contributed by atoms with E-state index in [0.29, 0.717) is 6.54 Å². The summed E-state index contributed by atoms with van der Waals surface area (Å²) in [6.07, 6.45) is 0.996. The highest BCUT2D eigenvalue weighted by atomic mass is 16.1. The van der Waals surface area contributed by atoms with E-state index in [1.165, 1.54) is 0 Å². The topological polar surface area (TPSA) is 26.8 Å². The molecule has 0 amide bonds. The van der Waals surface area contributed by atoms with Gasteiger partial charge in [0.05, 0.1) is 6.54 Å². The summed E-state index contributed by atoms with van der Waals surface area (Å²) < 4.78 is 0. The standard InChI is InChI=1S/C10H21N3O/c1-11(2)3-4-12-5-7-13(8-6-12)9-10-14/h10H,3-9H2,1-2H3. The maximum atomic E-state index is 10.3. The number of hydrogen-bond donors (Lipinski definition) is 0. The molecule has 82 valence electrons. The fourth-order valence-electron chi connectivity index (χ4n) is 1.64. The first-order valence-corrected chi connectivity index (χ1v) is 5.25. The third-order valence-electron chi connectivity index (χ3n) is 2.66. The zero-order valence-corrected chi connectivity index (χ0v) is 9.28.